The summed E-state index contributed by atoms with van der Waals surface area (Å²) >= 11 is 0. The zero-order valence-electron chi connectivity index (χ0n) is 20.6. The topological polar surface area (TPSA) is 83.8 Å². The first kappa shape index (κ1) is 22.7. The Hall–Kier alpha value is -2.04. The van der Waals surface area contributed by atoms with E-state index in [-0.39, 0.29) is 28.4 Å². The largest absolute Gasteiger partial charge is 0.507 e. The van der Waals surface area contributed by atoms with Crippen molar-refractivity contribution < 1.29 is 24.5 Å². The van der Waals surface area contributed by atoms with Crippen LogP contribution in [-0.2, 0) is 0 Å². The fraction of sp³-hybridized carbons (Fsp3) is 0.714. The Morgan fingerprint density at radius 3 is 2.33 bits per heavy atom. The van der Waals surface area contributed by atoms with Crippen molar-refractivity contribution in [3.05, 3.63) is 16.7 Å². The molecule has 5 nitrogen and oxygen atoms in total. The highest BCUT2D eigenvalue weighted by atomic mass is 16.5. The van der Waals surface area contributed by atoms with Crippen LogP contribution in [0, 0.1) is 40.9 Å². The highest BCUT2D eigenvalue weighted by Gasteiger charge is 2.80. The van der Waals surface area contributed by atoms with Crippen molar-refractivity contribution in [2.24, 2.45) is 40.9 Å². The standard InChI is InChI=1S/C28H38O5/c1-14(2)10-17-11-27(33-25-20(13-30)23(31)19(12-29)24(32)21(17)25)8-9-28-16(5)6-7-18(15(3)4)22(28)26(27)28/h12-18,22,26,31-32H,6-11H2,1-5H3/t16-,17+,18+,22-,26-,27+,28+/m1/s1. The zero-order chi connectivity index (χ0) is 23.9. The molecule has 0 aromatic heterocycles. The highest BCUT2D eigenvalue weighted by Crippen LogP contribution is 2.82. The maximum atomic E-state index is 12.1. The predicted molar refractivity (Wildman–Crippen MR) is 126 cm³/mol. The van der Waals surface area contributed by atoms with E-state index in [0.29, 0.717) is 64.8 Å². The molecule has 3 fully saturated rings. The van der Waals surface area contributed by atoms with Crippen LogP contribution in [0.4, 0.5) is 0 Å². The Morgan fingerprint density at radius 1 is 1.03 bits per heavy atom. The van der Waals surface area contributed by atoms with Crippen molar-refractivity contribution in [2.45, 2.75) is 84.7 Å². The third-order valence-corrected chi connectivity index (χ3v) is 9.97. The van der Waals surface area contributed by atoms with Crippen molar-refractivity contribution in [3.8, 4) is 17.2 Å². The van der Waals surface area contributed by atoms with Crippen LogP contribution in [0.1, 0.15) is 105 Å². The normalized spacial score (nSPS) is 38.6. The lowest BCUT2D eigenvalue weighted by Gasteiger charge is -2.44. The van der Waals surface area contributed by atoms with E-state index in [0.717, 1.165) is 25.7 Å². The molecule has 5 heteroatoms. The molecule has 1 aromatic rings. The molecule has 0 unspecified atom stereocenters. The van der Waals surface area contributed by atoms with E-state index in [4.69, 9.17) is 4.74 Å². The number of phenolic OH excluding ortho intramolecular Hbond substituents is 2. The molecule has 1 heterocycles. The number of carbonyl (C=O) groups excluding carboxylic acids is 2. The summed E-state index contributed by atoms with van der Waals surface area (Å²) in [7, 11) is 0. The van der Waals surface area contributed by atoms with Crippen LogP contribution >= 0.6 is 0 Å². The molecule has 33 heavy (non-hydrogen) atoms. The molecule has 1 aromatic carbocycles. The van der Waals surface area contributed by atoms with Gasteiger partial charge in [0.25, 0.3) is 0 Å². The lowest BCUT2D eigenvalue weighted by atomic mass is 9.69. The zero-order valence-corrected chi connectivity index (χ0v) is 20.6. The van der Waals surface area contributed by atoms with Gasteiger partial charge in [-0.05, 0) is 79.4 Å². The second kappa shape index (κ2) is 7.48. The van der Waals surface area contributed by atoms with Gasteiger partial charge in [-0.1, -0.05) is 34.6 Å². The number of aromatic hydroxyl groups is 2. The summed E-state index contributed by atoms with van der Waals surface area (Å²) in [5.41, 5.74) is 0.287. The minimum Gasteiger partial charge on any atom is -0.507 e. The number of ether oxygens (including phenoxy) is 1. The number of benzene rings is 1. The van der Waals surface area contributed by atoms with Gasteiger partial charge in [-0.3, -0.25) is 9.59 Å². The Bertz CT molecular complexity index is 997. The molecule has 5 rings (SSSR count). The SMILES string of the molecule is CC(C)C[C@H]1C[C@]2(CC[C@]34[C@@H]([C@H]23)[C@H](C(C)C)CC[C@H]4C)Oc2c(C=O)c(O)c(C=O)c(O)c21. The number of hydrogen-bond donors (Lipinski definition) is 2. The maximum absolute atomic E-state index is 12.1. The first-order chi connectivity index (χ1) is 15.6. The molecule has 4 aliphatic rings. The van der Waals surface area contributed by atoms with Gasteiger partial charge in [0, 0.05) is 11.5 Å². The van der Waals surface area contributed by atoms with Crippen molar-refractivity contribution in [1.82, 2.24) is 0 Å². The van der Waals surface area contributed by atoms with E-state index >= 15 is 0 Å². The van der Waals surface area contributed by atoms with Gasteiger partial charge in [-0.2, -0.15) is 0 Å². The summed E-state index contributed by atoms with van der Waals surface area (Å²) < 4.78 is 6.83. The smallest absolute Gasteiger partial charge is 0.157 e. The van der Waals surface area contributed by atoms with Gasteiger partial charge in [0.15, 0.2) is 12.6 Å². The quantitative estimate of drug-likeness (QED) is 0.525. The van der Waals surface area contributed by atoms with E-state index in [1.807, 2.05) is 0 Å². The Morgan fingerprint density at radius 2 is 1.73 bits per heavy atom. The molecule has 0 saturated heterocycles. The third kappa shape index (κ3) is 2.89. The molecule has 180 valence electrons. The fourth-order valence-electron chi connectivity index (χ4n) is 8.73. The minimum atomic E-state index is -0.467. The summed E-state index contributed by atoms with van der Waals surface area (Å²) in [6.07, 6.45) is 7.29. The van der Waals surface area contributed by atoms with Gasteiger partial charge in [0.2, 0.25) is 0 Å². The van der Waals surface area contributed by atoms with Crippen LogP contribution in [0.2, 0.25) is 0 Å². The van der Waals surface area contributed by atoms with Gasteiger partial charge in [0.05, 0.1) is 11.1 Å². The lowest BCUT2D eigenvalue weighted by Crippen LogP contribution is -2.43. The van der Waals surface area contributed by atoms with Gasteiger partial charge < -0.3 is 14.9 Å². The van der Waals surface area contributed by atoms with Crippen LogP contribution < -0.4 is 4.74 Å². The third-order valence-electron chi connectivity index (χ3n) is 9.97. The molecule has 3 saturated carbocycles. The van der Waals surface area contributed by atoms with Gasteiger partial charge in [-0.15, -0.1) is 0 Å². The van der Waals surface area contributed by atoms with Crippen LogP contribution in [0.3, 0.4) is 0 Å². The monoisotopic (exact) mass is 454 g/mol. The maximum Gasteiger partial charge on any atom is 0.157 e. The Balaban J connectivity index is 1.65. The van der Waals surface area contributed by atoms with E-state index < -0.39 is 5.75 Å². The van der Waals surface area contributed by atoms with Crippen molar-refractivity contribution in [2.75, 3.05) is 0 Å². The van der Waals surface area contributed by atoms with E-state index in [1.165, 1.54) is 12.8 Å². The number of carbonyl (C=O) groups is 2. The second-order valence-corrected chi connectivity index (χ2v) is 12.2. The fourth-order valence-corrected chi connectivity index (χ4v) is 8.73. The molecule has 3 aliphatic carbocycles. The predicted octanol–water partition coefficient (Wildman–Crippen LogP) is 6.10. The van der Waals surface area contributed by atoms with Crippen molar-refractivity contribution in [1.29, 1.82) is 0 Å². The van der Waals surface area contributed by atoms with E-state index in [1.54, 1.807) is 0 Å². The molecular formula is C28H38O5. The molecule has 2 N–H and O–H groups in total. The van der Waals surface area contributed by atoms with Gasteiger partial charge in [0.1, 0.15) is 22.8 Å². The van der Waals surface area contributed by atoms with Crippen LogP contribution in [-0.4, -0.2) is 28.4 Å². The van der Waals surface area contributed by atoms with Crippen molar-refractivity contribution in [3.63, 3.8) is 0 Å². The highest BCUT2D eigenvalue weighted by molar-refractivity contribution is 5.95. The molecular weight excluding hydrogens is 416 g/mol. The molecule has 0 amide bonds. The summed E-state index contributed by atoms with van der Waals surface area (Å²) in [6, 6.07) is 0. The molecule has 0 radical (unpaired) electrons. The number of phenols is 2. The average molecular weight is 455 g/mol. The van der Waals surface area contributed by atoms with Gasteiger partial charge >= 0.3 is 0 Å². The van der Waals surface area contributed by atoms with Crippen LogP contribution in [0.5, 0.6) is 17.2 Å². The summed E-state index contributed by atoms with van der Waals surface area (Å²) in [6.45, 7) is 11.4. The number of hydrogen-bond acceptors (Lipinski definition) is 5. The summed E-state index contributed by atoms with van der Waals surface area (Å²) in [4.78, 5) is 23.8. The van der Waals surface area contributed by atoms with Crippen molar-refractivity contribution >= 4 is 12.6 Å². The Kier molecular flexibility index (Phi) is 5.15. The van der Waals surface area contributed by atoms with E-state index in [9.17, 15) is 19.8 Å². The Labute approximate surface area is 196 Å². The molecule has 2 spiro atoms. The minimum absolute atomic E-state index is 0.00996. The number of aldehydes is 2. The number of fused-ring (bicyclic) bond motifs is 3. The van der Waals surface area contributed by atoms with Crippen LogP contribution in [0.25, 0.3) is 0 Å². The number of rotatable bonds is 5. The average Bonchev–Trinajstić information content (AvgIpc) is 3.35. The first-order valence-electron chi connectivity index (χ1n) is 12.8. The summed E-state index contributed by atoms with van der Waals surface area (Å²) in [5, 5.41) is 21.7. The second-order valence-electron chi connectivity index (χ2n) is 12.2. The molecule has 0 bridgehead atoms. The first-order valence-corrected chi connectivity index (χ1v) is 12.8. The van der Waals surface area contributed by atoms with Gasteiger partial charge in [-0.25, -0.2) is 0 Å². The van der Waals surface area contributed by atoms with E-state index in [2.05, 4.69) is 34.6 Å². The summed E-state index contributed by atoms with van der Waals surface area (Å²) in [5.74, 6) is 3.09. The lowest BCUT2D eigenvalue weighted by molar-refractivity contribution is 0.00397. The van der Waals surface area contributed by atoms with Crippen LogP contribution in [0.15, 0.2) is 0 Å². The molecule has 7 atom stereocenters. The molecule has 1 aliphatic heterocycles.